The summed E-state index contributed by atoms with van der Waals surface area (Å²) in [4.78, 5) is 22.4. The van der Waals surface area contributed by atoms with Crippen molar-refractivity contribution in [2.24, 2.45) is 0 Å². The Hall–Kier alpha value is -1.32. The first-order valence-electron chi connectivity index (χ1n) is 5.46. The minimum atomic E-state index is -0.489. The molecule has 0 saturated heterocycles. The number of rotatable bonds is 4. The molecule has 4 nitrogen and oxygen atoms in total. The highest BCUT2D eigenvalue weighted by molar-refractivity contribution is 5.62. The molecule has 0 aromatic heterocycles. The van der Waals surface area contributed by atoms with Crippen LogP contribution in [0.4, 0.5) is 5.69 Å². The fourth-order valence-electron chi connectivity index (χ4n) is 2.06. The van der Waals surface area contributed by atoms with Crippen LogP contribution in [0.2, 0.25) is 0 Å². The van der Waals surface area contributed by atoms with Crippen LogP contribution in [0.15, 0.2) is 9.59 Å². The van der Waals surface area contributed by atoms with Crippen LogP contribution in [0, 0.1) is 0 Å². The fraction of sp³-hybridized carbons (Fsp3) is 0.636. The maximum Gasteiger partial charge on any atom is 0.272 e. The molecule has 4 heteroatoms. The Morgan fingerprint density at radius 3 is 2.53 bits per heavy atom. The molecule has 0 aliphatic heterocycles. The molecular weight excluding hydrogens is 194 g/mol. The second-order valence-corrected chi connectivity index (χ2v) is 3.92. The molecule has 0 heterocycles. The zero-order chi connectivity index (χ0) is 10.8. The molecule has 0 bridgehead atoms. The topological polar surface area (TPSA) is 55.4 Å². The lowest BCUT2D eigenvalue weighted by atomic mass is 10.1. The van der Waals surface area contributed by atoms with Gasteiger partial charge in [-0.15, -0.1) is 0 Å². The zero-order valence-electron chi connectivity index (χ0n) is 8.84. The van der Waals surface area contributed by atoms with Gasteiger partial charge in [-0.05, 0) is 19.8 Å². The maximum atomic E-state index is 11.3. The van der Waals surface area contributed by atoms with Crippen LogP contribution in [0.3, 0.4) is 0 Å². The Kier molecular flexibility index (Phi) is 2.75. The van der Waals surface area contributed by atoms with Crippen molar-refractivity contribution in [2.45, 2.75) is 38.6 Å². The van der Waals surface area contributed by atoms with Crippen molar-refractivity contribution in [1.29, 1.82) is 0 Å². The number of nitrogens with one attached hydrogen (secondary N) is 1. The summed E-state index contributed by atoms with van der Waals surface area (Å²) in [6, 6.07) is 0.340. The molecule has 2 rings (SSSR count). The summed E-state index contributed by atoms with van der Waals surface area (Å²) in [5, 5.41) is 3.11. The van der Waals surface area contributed by atoms with E-state index in [1.807, 2.05) is 0 Å². The maximum absolute atomic E-state index is 11.3. The summed E-state index contributed by atoms with van der Waals surface area (Å²) < 4.78 is 5.13. The van der Waals surface area contributed by atoms with Crippen molar-refractivity contribution in [3.63, 3.8) is 0 Å². The van der Waals surface area contributed by atoms with E-state index in [-0.39, 0.29) is 5.75 Å². The molecule has 0 amide bonds. The highest BCUT2D eigenvalue weighted by Crippen LogP contribution is 2.25. The van der Waals surface area contributed by atoms with Crippen LogP contribution >= 0.6 is 0 Å². The quantitative estimate of drug-likeness (QED) is 0.753. The van der Waals surface area contributed by atoms with E-state index in [1.54, 1.807) is 6.92 Å². The smallest absolute Gasteiger partial charge is 0.272 e. The van der Waals surface area contributed by atoms with Crippen LogP contribution < -0.4 is 20.9 Å². The van der Waals surface area contributed by atoms with Crippen LogP contribution in [0.5, 0.6) is 5.75 Å². The first-order valence-corrected chi connectivity index (χ1v) is 5.46. The van der Waals surface area contributed by atoms with Gasteiger partial charge in [0.15, 0.2) is 5.75 Å². The van der Waals surface area contributed by atoms with Crippen molar-refractivity contribution in [2.75, 3.05) is 11.9 Å². The Balaban J connectivity index is 2.10. The van der Waals surface area contributed by atoms with E-state index in [1.165, 1.54) is 12.8 Å². The summed E-state index contributed by atoms with van der Waals surface area (Å²) in [6.07, 6.45) is 4.53. The lowest BCUT2D eigenvalue weighted by Gasteiger charge is -2.17. The third-order valence-electron chi connectivity index (χ3n) is 2.86. The van der Waals surface area contributed by atoms with Crippen molar-refractivity contribution in [3.8, 4) is 5.75 Å². The van der Waals surface area contributed by atoms with E-state index in [9.17, 15) is 9.59 Å². The summed E-state index contributed by atoms with van der Waals surface area (Å²) in [5.41, 5.74) is -0.517. The van der Waals surface area contributed by atoms with Gasteiger partial charge < -0.3 is 10.1 Å². The molecule has 0 unspecified atom stereocenters. The van der Waals surface area contributed by atoms with E-state index in [0.29, 0.717) is 18.3 Å². The first-order chi connectivity index (χ1) is 7.24. The van der Waals surface area contributed by atoms with Gasteiger partial charge in [0.05, 0.1) is 6.61 Å². The highest BCUT2D eigenvalue weighted by atomic mass is 16.5. The molecule has 1 aliphatic carbocycles. The van der Waals surface area contributed by atoms with Crippen LogP contribution in [0.25, 0.3) is 0 Å². The molecular formula is C11H15NO3. The van der Waals surface area contributed by atoms with Crippen LogP contribution in [-0.2, 0) is 0 Å². The third kappa shape index (κ3) is 1.76. The van der Waals surface area contributed by atoms with Crippen LogP contribution in [0.1, 0.15) is 32.6 Å². The van der Waals surface area contributed by atoms with Gasteiger partial charge in [0.25, 0.3) is 10.9 Å². The lowest BCUT2D eigenvalue weighted by molar-refractivity contribution is 0.334. The summed E-state index contributed by atoms with van der Waals surface area (Å²) >= 11 is 0. The molecule has 0 radical (unpaired) electrons. The number of hydrogen-bond donors (Lipinski definition) is 1. The largest absolute Gasteiger partial charge is 0.488 e. The molecule has 0 spiro atoms. The van der Waals surface area contributed by atoms with Gasteiger partial charge in [-0.2, -0.15) is 0 Å². The Bertz CT molecular complexity index is 411. The Labute approximate surface area is 87.9 Å². The molecule has 1 saturated carbocycles. The first kappa shape index (κ1) is 10.2. The zero-order valence-corrected chi connectivity index (χ0v) is 8.84. The molecule has 1 fully saturated rings. The van der Waals surface area contributed by atoms with Gasteiger partial charge in [0.1, 0.15) is 5.69 Å². The molecule has 1 aliphatic rings. The minimum Gasteiger partial charge on any atom is -0.488 e. The van der Waals surface area contributed by atoms with E-state index in [4.69, 9.17) is 4.74 Å². The van der Waals surface area contributed by atoms with Crippen molar-refractivity contribution >= 4 is 5.69 Å². The molecule has 1 N–H and O–H groups in total. The van der Waals surface area contributed by atoms with Crippen molar-refractivity contribution < 1.29 is 4.74 Å². The monoisotopic (exact) mass is 209 g/mol. The van der Waals surface area contributed by atoms with E-state index >= 15 is 0 Å². The normalized spacial score (nSPS) is 17.1. The van der Waals surface area contributed by atoms with Gasteiger partial charge in [-0.25, -0.2) is 0 Å². The minimum absolute atomic E-state index is 0.231. The van der Waals surface area contributed by atoms with Gasteiger partial charge in [0.2, 0.25) is 0 Å². The predicted molar refractivity (Wildman–Crippen MR) is 58.4 cm³/mol. The van der Waals surface area contributed by atoms with E-state index in [2.05, 4.69) is 5.32 Å². The summed E-state index contributed by atoms with van der Waals surface area (Å²) in [7, 11) is 0. The highest BCUT2D eigenvalue weighted by Gasteiger charge is 2.25. The molecule has 82 valence electrons. The standard InChI is InChI=1S/C11H15NO3/c1-2-15-11-8(9(13)10(11)14)12-7-5-3-4-6-7/h7,12H,2-6H2,1H3. The Morgan fingerprint density at radius 2 is 1.93 bits per heavy atom. The van der Waals surface area contributed by atoms with Crippen molar-refractivity contribution in [1.82, 2.24) is 0 Å². The van der Waals surface area contributed by atoms with Crippen molar-refractivity contribution in [3.05, 3.63) is 20.4 Å². The average molecular weight is 209 g/mol. The van der Waals surface area contributed by atoms with E-state index < -0.39 is 10.9 Å². The molecule has 1 aromatic carbocycles. The summed E-state index contributed by atoms with van der Waals surface area (Å²) in [6.45, 7) is 2.22. The third-order valence-corrected chi connectivity index (χ3v) is 2.86. The number of anilines is 1. The van der Waals surface area contributed by atoms with Gasteiger partial charge >= 0.3 is 0 Å². The van der Waals surface area contributed by atoms with Gasteiger partial charge in [-0.1, -0.05) is 12.8 Å². The Morgan fingerprint density at radius 1 is 1.27 bits per heavy atom. The van der Waals surface area contributed by atoms with Crippen LogP contribution in [-0.4, -0.2) is 12.6 Å². The molecule has 15 heavy (non-hydrogen) atoms. The second kappa shape index (κ2) is 4.04. The average Bonchev–Trinajstić information content (AvgIpc) is 2.75. The number of ether oxygens (including phenoxy) is 1. The summed E-state index contributed by atoms with van der Waals surface area (Å²) in [5.74, 6) is 0.231. The molecule has 0 atom stereocenters. The second-order valence-electron chi connectivity index (χ2n) is 3.92. The van der Waals surface area contributed by atoms with Gasteiger partial charge in [-0.3, -0.25) is 9.59 Å². The predicted octanol–water partition coefficient (Wildman–Crippen LogP) is 1.04. The number of hydrogen-bond acceptors (Lipinski definition) is 4. The SMILES string of the molecule is CCOc1c(NC2CCCC2)c(=O)c1=O. The van der Waals surface area contributed by atoms with E-state index in [0.717, 1.165) is 12.8 Å². The molecule has 1 aromatic rings. The van der Waals surface area contributed by atoms with Gasteiger partial charge in [0, 0.05) is 6.04 Å². The fourth-order valence-corrected chi connectivity index (χ4v) is 2.06. The lowest BCUT2D eigenvalue weighted by Crippen LogP contribution is -2.37.